The molecule has 2 heterocycles. The number of nitrogens with zero attached hydrogens (tertiary/aromatic N) is 1. The highest BCUT2D eigenvalue weighted by atomic mass is 35.5. The molecular formula is C19H29ClFNO3SSi. The molecule has 1 unspecified atom stereocenters. The Morgan fingerprint density at radius 1 is 1.30 bits per heavy atom. The van der Waals surface area contributed by atoms with Crippen LogP contribution in [0.15, 0.2) is 18.2 Å². The highest BCUT2D eigenvalue weighted by Gasteiger charge is 2.38. The molecule has 27 heavy (non-hydrogen) atoms. The van der Waals surface area contributed by atoms with Crippen molar-refractivity contribution in [1.82, 2.24) is 4.57 Å². The van der Waals surface area contributed by atoms with Gasteiger partial charge < -0.3 is 8.99 Å². The quantitative estimate of drug-likeness (QED) is 0.530. The molecule has 1 fully saturated rings. The minimum atomic E-state index is -2.60. The van der Waals surface area contributed by atoms with Gasteiger partial charge in [-0.2, -0.15) is 10.6 Å². The third-order valence-electron chi connectivity index (χ3n) is 5.92. The van der Waals surface area contributed by atoms with Gasteiger partial charge in [0.05, 0.1) is 23.9 Å². The third kappa shape index (κ3) is 4.23. The van der Waals surface area contributed by atoms with Crippen molar-refractivity contribution in [3.8, 4) is 0 Å². The van der Waals surface area contributed by atoms with Crippen molar-refractivity contribution >= 4 is 41.4 Å². The number of aromatic nitrogens is 1. The number of hydrogen-bond donors (Lipinski definition) is 2. The summed E-state index contributed by atoms with van der Waals surface area (Å²) in [7, 11) is -4.57. The van der Waals surface area contributed by atoms with E-state index in [1.807, 2.05) is 10.6 Å². The van der Waals surface area contributed by atoms with Crippen LogP contribution in [-0.4, -0.2) is 33.5 Å². The van der Waals surface area contributed by atoms with Gasteiger partial charge in [0.2, 0.25) is 0 Å². The number of hydrogen-bond acceptors (Lipinski definition) is 3. The Labute approximate surface area is 168 Å². The highest BCUT2D eigenvalue weighted by Crippen LogP contribution is 2.51. The van der Waals surface area contributed by atoms with Gasteiger partial charge in [-0.3, -0.25) is 9.11 Å². The molecule has 1 aromatic heterocycles. The smallest absolute Gasteiger partial charge is 0.192 e. The molecule has 0 bridgehead atoms. The fourth-order valence-electron chi connectivity index (χ4n) is 3.35. The van der Waals surface area contributed by atoms with Crippen molar-refractivity contribution in [2.75, 3.05) is 11.5 Å². The molecule has 1 aromatic carbocycles. The summed E-state index contributed by atoms with van der Waals surface area (Å²) in [6.45, 7) is 11.3. The minimum Gasteiger partial charge on any atom is -0.411 e. The summed E-state index contributed by atoms with van der Waals surface area (Å²) >= 11 is 6.05. The van der Waals surface area contributed by atoms with Crippen LogP contribution in [0, 0.1) is 5.82 Å². The Balaban J connectivity index is 2.04. The molecular weight excluding hydrogens is 405 g/mol. The number of fused-ring (bicyclic) bond motifs is 1. The van der Waals surface area contributed by atoms with Gasteiger partial charge in [-0.1, -0.05) is 32.4 Å². The molecule has 1 atom stereocenters. The van der Waals surface area contributed by atoms with Crippen LogP contribution in [0.5, 0.6) is 0 Å². The summed E-state index contributed by atoms with van der Waals surface area (Å²) in [4.78, 5) is 0. The molecule has 0 aliphatic carbocycles. The zero-order chi connectivity index (χ0) is 20.2. The lowest BCUT2D eigenvalue weighted by atomic mass is 10.2. The highest BCUT2D eigenvalue weighted by molar-refractivity contribution is 8.24. The van der Waals surface area contributed by atoms with Crippen LogP contribution >= 0.6 is 22.2 Å². The topological polar surface area (TPSA) is 54.6 Å². The van der Waals surface area contributed by atoms with Crippen molar-refractivity contribution in [2.45, 2.75) is 58.0 Å². The van der Waals surface area contributed by atoms with E-state index in [1.165, 1.54) is 6.07 Å². The monoisotopic (exact) mass is 433 g/mol. The van der Waals surface area contributed by atoms with E-state index < -0.39 is 18.9 Å². The van der Waals surface area contributed by atoms with Gasteiger partial charge in [-0.15, -0.1) is 0 Å². The summed E-state index contributed by atoms with van der Waals surface area (Å²) in [6, 6.07) is 4.83. The lowest BCUT2D eigenvalue weighted by Gasteiger charge is -2.36. The van der Waals surface area contributed by atoms with Crippen molar-refractivity contribution < 1.29 is 17.9 Å². The molecule has 2 N–H and O–H groups in total. The van der Waals surface area contributed by atoms with Gasteiger partial charge in [0.15, 0.2) is 8.32 Å². The third-order valence-corrected chi connectivity index (χ3v) is 12.4. The second-order valence-electron chi connectivity index (χ2n) is 9.00. The van der Waals surface area contributed by atoms with Crippen molar-refractivity contribution in [3.63, 3.8) is 0 Å². The zero-order valence-electron chi connectivity index (χ0n) is 16.6. The Kier molecular flexibility index (Phi) is 5.51. The average molecular weight is 434 g/mol. The van der Waals surface area contributed by atoms with Gasteiger partial charge in [0, 0.05) is 21.9 Å². The van der Waals surface area contributed by atoms with E-state index >= 15 is 0 Å². The Morgan fingerprint density at radius 3 is 2.52 bits per heavy atom. The van der Waals surface area contributed by atoms with E-state index in [0.717, 1.165) is 11.1 Å². The standard InChI is InChI=1S/C19H29ClFNO3SSi/c1-19(2,3)27(4,5)25-11-16-9-13-8-14(20)10-17(21)18(13)22(16)15-6-7-26(23,24)12-15/h8-10,15,23-24H,6-7,11-12H2,1-5H3. The summed E-state index contributed by atoms with van der Waals surface area (Å²) in [5.74, 6) is 0.223. The lowest BCUT2D eigenvalue weighted by Crippen LogP contribution is -2.40. The molecule has 0 saturated carbocycles. The van der Waals surface area contributed by atoms with E-state index in [0.29, 0.717) is 29.3 Å². The molecule has 152 valence electrons. The summed E-state index contributed by atoms with van der Waals surface area (Å²) < 4.78 is 43.2. The SMILES string of the molecule is CC(C)(C)[Si](C)(C)OCc1cc2cc(Cl)cc(F)c2n1C1CCS(O)(O)C1. The van der Waals surface area contributed by atoms with Crippen molar-refractivity contribution in [2.24, 2.45) is 0 Å². The minimum absolute atomic E-state index is 0.0707. The predicted octanol–water partition coefficient (Wildman–Crippen LogP) is 6.65. The summed E-state index contributed by atoms with van der Waals surface area (Å²) in [5.41, 5.74) is 1.33. The van der Waals surface area contributed by atoms with Crippen LogP contribution in [-0.2, 0) is 11.0 Å². The largest absolute Gasteiger partial charge is 0.411 e. The Morgan fingerprint density at radius 2 is 1.96 bits per heavy atom. The summed E-state index contributed by atoms with van der Waals surface area (Å²) in [5, 5.41) is 1.14. The van der Waals surface area contributed by atoms with E-state index in [9.17, 15) is 13.5 Å². The van der Waals surface area contributed by atoms with Crippen molar-refractivity contribution in [3.05, 3.63) is 34.7 Å². The van der Waals surface area contributed by atoms with Crippen LogP contribution in [0.3, 0.4) is 0 Å². The van der Waals surface area contributed by atoms with Crippen LogP contribution in [0.2, 0.25) is 23.2 Å². The van der Waals surface area contributed by atoms with E-state index in [4.69, 9.17) is 16.0 Å². The molecule has 3 rings (SSSR count). The molecule has 0 radical (unpaired) electrons. The first-order chi connectivity index (χ1) is 12.3. The number of benzene rings is 1. The molecule has 1 aliphatic heterocycles. The molecule has 2 aromatic rings. The average Bonchev–Trinajstić information content (AvgIpc) is 3.03. The van der Waals surface area contributed by atoms with E-state index in [2.05, 4.69) is 33.9 Å². The maximum absolute atomic E-state index is 14.8. The maximum Gasteiger partial charge on any atom is 0.192 e. The fourth-order valence-corrected chi connectivity index (χ4v) is 6.25. The second-order valence-corrected chi connectivity index (χ2v) is 16.6. The Bertz CT molecular complexity index is 863. The lowest BCUT2D eigenvalue weighted by molar-refractivity contribution is 0.264. The van der Waals surface area contributed by atoms with Crippen LogP contribution < -0.4 is 0 Å². The molecule has 0 amide bonds. The first-order valence-corrected chi connectivity index (χ1v) is 14.3. The van der Waals surface area contributed by atoms with Crippen LogP contribution in [0.25, 0.3) is 10.9 Å². The first-order valence-electron chi connectivity index (χ1n) is 9.17. The maximum atomic E-state index is 14.8. The van der Waals surface area contributed by atoms with E-state index in [-0.39, 0.29) is 22.7 Å². The van der Waals surface area contributed by atoms with Crippen LogP contribution in [0.1, 0.15) is 38.9 Å². The van der Waals surface area contributed by atoms with Crippen molar-refractivity contribution in [1.29, 1.82) is 0 Å². The summed E-state index contributed by atoms with van der Waals surface area (Å²) in [6.07, 6.45) is 0.612. The number of rotatable bonds is 4. The first kappa shape index (κ1) is 21.1. The van der Waals surface area contributed by atoms with Gasteiger partial charge in [0.25, 0.3) is 0 Å². The zero-order valence-corrected chi connectivity index (χ0v) is 19.1. The second kappa shape index (κ2) is 7.04. The molecule has 0 spiro atoms. The fraction of sp³-hybridized carbons (Fsp3) is 0.579. The predicted molar refractivity (Wildman–Crippen MR) is 115 cm³/mol. The normalized spacial score (nSPS) is 21.7. The van der Waals surface area contributed by atoms with Crippen LogP contribution in [0.4, 0.5) is 4.39 Å². The van der Waals surface area contributed by atoms with Gasteiger partial charge in [-0.05, 0) is 42.8 Å². The Hall–Kier alpha value is -0.573. The molecule has 1 aliphatic rings. The van der Waals surface area contributed by atoms with Gasteiger partial charge in [0.1, 0.15) is 5.82 Å². The molecule has 1 saturated heterocycles. The van der Waals surface area contributed by atoms with Gasteiger partial charge >= 0.3 is 0 Å². The van der Waals surface area contributed by atoms with Gasteiger partial charge in [-0.25, -0.2) is 4.39 Å². The molecule has 8 heteroatoms. The number of halogens is 2. The van der Waals surface area contributed by atoms with E-state index in [1.54, 1.807) is 6.07 Å². The molecule has 4 nitrogen and oxygen atoms in total.